The van der Waals surface area contributed by atoms with Gasteiger partial charge in [0.1, 0.15) is 5.82 Å². The van der Waals surface area contributed by atoms with E-state index in [0.717, 1.165) is 25.1 Å². The van der Waals surface area contributed by atoms with Crippen LogP contribution in [0.15, 0.2) is 48.5 Å². The molecule has 1 fully saturated rings. The second kappa shape index (κ2) is 7.51. The molecule has 1 saturated heterocycles. The molecule has 5 heteroatoms. The van der Waals surface area contributed by atoms with Crippen LogP contribution in [0.5, 0.6) is 0 Å². The number of amides is 2. The maximum atomic E-state index is 13.9. The molecule has 2 heterocycles. The molecular weight excluding hydrogens is 343 g/mol. The lowest BCUT2D eigenvalue weighted by atomic mass is 9.92. The molecular formula is C22H23FN2O2. The molecule has 140 valence electrons. The quantitative estimate of drug-likeness (QED) is 0.814. The smallest absolute Gasteiger partial charge is 0.256 e. The summed E-state index contributed by atoms with van der Waals surface area (Å²) in [7, 11) is 0. The third-order valence-corrected chi connectivity index (χ3v) is 5.61. The van der Waals surface area contributed by atoms with Crippen LogP contribution in [0.1, 0.15) is 35.2 Å². The highest BCUT2D eigenvalue weighted by Crippen LogP contribution is 2.30. The molecule has 0 saturated carbocycles. The van der Waals surface area contributed by atoms with Crippen molar-refractivity contribution in [3.63, 3.8) is 0 Å². The lowest BCUT2D eigenvalue weighted by molar-refractivity contribution is -0.123. The second-order valence-electron chi connectivity index (χ2n) is 7.27. The molecule has 0 unspecified atom stereocenters. The normalized spacial score (nSPS) is 17.5. The number of piperidine rings is 1. The van der Waals surface area contributed by atoms with E-state index in [2.05, 4.69) is 6.07 Å². The molecule has 2 aliphatic rings. The zero-order valence-electron chi connectivity index (χ0n) is 15.2. The molecule has 0 N–H and O–H groups in total. The van der Waals surface area contributed by atoms with Crippen molar-refractivity contribution < 1.29 is 14.0 Å². The molecule has 0 spiro atoms. The van der Waals surface area contributed by atoms with E-state index in [1.807, 2.05) is 23.1 Å². The van der Waals surface area contributed by atoms with Crippen molar-refractivity contribution in [2.45, 2.75) is 25.7 Å². The van der Waals surface area contributed by atoms with Gasteiger partial charge in [-0.05, 0) is 49.4 Å². The summed E-state index contributed by atoms with van der Waals surface area (Å²) < 4.78 is 13.9. The van der Waals surface area contributed by atoms with E-state index >= 15 is 0 Å². The number of anilines is 1. The Morgan fingerprint density at radius 2 is 1.63 bits per heavy atom. The Hall–Kier alpha value is -2.69. The number of halogens is 1. The lowest BCUT2D eigenvalue weighted by Crippen LogP contribution is -2.46. The Morgan fingerprint density at radius 3 is 2.41 bits per heavy atom. The van der Waals surface area contributed by atoms with Crippen LogP contribution < -0.4 is 4.90 Å². The van der Waals surface area contributed by atoms with Gasteiger partial charge >= 0.3 is 0 Å². The number of fused-ring (bicyclic) bond motifs is 1. The van der Waals surface area contributed by atoms with Crippen LogP contribution in [0.2, 0.25) is 0 Å². The number of para-hydroxylation sites is 1. The predicted molar refractivity (Wildman–Crippen MR) is 102 cm³/mol. The van der Waals surface area contributed by atoms with Crippen molar-refractivity contribution >= 4 is 17.5 Å². The van der Waals surface area contributed by atoms with Crippen LogP contribution in [0.4, 0.5) is 10.1 Å². The van der Waals surface area contributed by atoms with Gasteiger partial charge in [0.15, 0.2) is 0 Å². The first-order valence-corrected chi connectivity index (χ1v) is 9.58. The number of hydrogen-bond acceptors (Lipinski definition) is 2. The fourth-order valence-corrected chi connectivity index (χ4v) is 4.12. The van der Waals surface area contributed by atoms with E-state index in [0.29, 0.717) is 25.9 Å². The largest absolute Gasteiger partial charge is 0.339 e. The van der Waals surface area contributed by atoms with Gasteiger partial charge in [-0.2, -0.15) is 0 Å². The Morgan fingerprint density at radius 1 is 0.926 bits per heavy atom. The molecule has 0 radical (unpaired) electrons. The van der Waals surface area contributed by atoms with Gasteiger partial charge < -0.3 is 9.80 Å². The van der Waals surface area contributed by atoms with Gasteiger partial charge in [-0.15, -0.1) is 0 Å². The van der Waals surface area contributed by atoms with Crippen LogP contribution >= 0.6 is 0 Å². The fraction of sp³-hybridized carbons (Fsp3) is 0.364. The molecule has 2 aromatic carbocycles. The van der Waals surface area contributed by atoms with Gasteiger partial charge in [0.25, 0.3) is 5.91 Å². The number of carbonyl (C=O) groups excluding carboxylic acids is 2. The molecule has 0 aliphatic carbocycles. The molecule has 4 nitrogen and oxygen atoms in total. The van der Waals surface area contributed by atoms with Crippen molar-refractivity contribution in [2.75, 3.05) is 24.5 Å². The number of hydrogen-bond donors (Lipinski definition) is 0. The maximum Gasteiger partial charge on any atom is 0.256 e. The monoisotopic (exact) mass is 366 g/mol. The van der Waals surface area contributed by atoms with Crippen molar-refractivity contribution in [3.8, 4) is 0 Å². The van der Waals surface area contributed by atoms with Gasteiger partial charge in [0.2, 0.25) is 5.91 Å². The summed E-state index contributed by atoms with van der Waals surface area (Å²) in [5.41, 5.74) is 2.36. The van der Waals surface area contributed by atoms with Gasteiger partial charge in [0, 0.05) is 31.2 Å². The van der Waals surface area contributed by atoms with Crippen LogP contribution in [-0.2, 0) is 11.2 Å². The van der Waals surface area contributed by atoms with Gasteiger partial charge in [-0.25, -0.2) is 4.39 Å². The molecule has 0 aromatic heterocycles. The van der Waals surface area contributed by atoms with Gasteiger partial charge in [0.05, 0.1) is 5.56 Å². The summed E-state index contributed by atoms with van der Waals surface area (Å²) in [5.74, 6) is -0.714. The first-order chi connectivity index (χ1) is 13.1. The zero-order chi connectivity index (χ0) is 18.8. The molecule has 0 bridgehead atoms. The van der Waals surface area contributed by atoms with Gasteiger partial charge in [-0.1, -0.05) is 30.3 Å². The summed E-state index contributed by atoms with van der Waals surface area (Å²) in [6, 6.07) is 14.2. The van der Waals surface area contributed by atoms with E-state index in [1.165, 1.54) is 17.7 Å². The number of rotatable bonds is 2. The summed E-state index contributed by atoms with van der Waals surface area (Å²) in [5, 5.41) is 0. The van der Waals surface area contributed by atoms with Crippen molar-refractivity contribution in [1.82, 2.24) is 4.90 Å². The summed E-state index contributed by atoms with van der Waals surface area (Å²) in [4.78, 5) is 29.2. The topological polar surface area (TPSA) is 40.6 Å². The summed E-state index contributed by atoms with van der Waals surface area (Å²) in [6.07, 6.45) is 3.23. The Bertz CT molecular complexity index is 859. The zero-order valence-corrected chi connectivity index (χ0v) is 15.2. The Balaban J connectivity index is 1.42. The fourth-order valence-electron chi connectivity index (χ4n) is 4.12. The van der Waals surface area contributed by atoms with Crippen LogP contribution in [-0.4, -0.2) is 36.3 Å². The lowest BCUT2D eigenvalue weighted by Gasteiger charge is -2.36. The highest BCUT2D eigenvalue weighted by atomic mass is 19.1. The minimum absolute atomic E-state index is 0.0826. The standard InChI is InChI=1S/C22H23FN2O2/c23-19-9-3-2-8-18(19)22(27)24-14-11-17(12-15-24)21(26)25-13-5-7-16-6-1-4-10-20(16)25/h1-4,6,8-10,17H,5,7,11-15H2. The number of carbonyl (C=O) groups is 2. The maximum absolute atomic E-state index is 13.9. The van der Waals surface area contributed by atoms with E-state index in [9.17, 15) is 14.0 Å². The highest BCUT2D eigenvalue weighted by Gasteiger charge is 2.33. The van der Waals surface area contributed by atoms with E-state index < -0.39 is 5.82 Å². The molecule has 2 aromatic rings. The van der Waals surface area contributed by atoms with Crippen LogP contribution in [0.3, 0.4) is 0 Å². The predicted octanol–water partition coefficient (Wildman–Crippen LogP) is 3.66. The minimum atomic E-state index is -0.495. The number of likely N-dealkylation sites (tertiary alicyclic amines) is 1. The summed E-state index contributed by atoms with van der Waals surface area (Å²) >= 11 is 0. The van der Waals surface area contributed by atoms with Crippen LogP contribution in [0, 0.1) is 11.7 Å². The number of nitrogens with zero attached hydrogens (tertiary/aromatic N) is 2. The molecule has 27 heavy (non-hydrogen) atoms. The molecule has 2 aliphatic heterocycles. The Labute approximate surface area is 158 Å². The van der Waals surface area contributed by atoms with E-state index in [-0.39, 0.29) is 23.3 Å². The second-order valence-corrected chi connectivity index (χ2v) is 7.27. The van der Waals surface area contributed by atoms with E-state index in [1.54, 1.807) is 17.0 Å². The third kappa shape index (κ3) is 3.46. The molecule has 2 amide bonds. The average Bonchev–Trinajstić information content (AvgIpc) is 2.73. The number of aryl methyl sites for hydroxylation is 1. The third-order valence-electron chi connectivity index (χ3n) is 5.61. The van der Waals surface area contributed by atoms with Crippen molar-refractivity contribution in [3.05, 3.63) is 65.5 Å². The Kier molecular flexibility index (Phi) is 4.92. The highest BCUT2D eigenvalue weighted by molar-refractivity contribution is 5.97. The first-order valence-electron chi connectivity index (χ1n) is 9.58. The van der Waals surface area contributed by atoms with Crippen molar-refractivity contribution in [1.29, 1.82) is 0 Å². The molecule has 0 atom stereocenters. The van der Waals surface area contributed by atoms with Crippen molar-refractivity contribution in [2.24, 2.45) is 5.92 Å². The van der Waals surface area contributed by atoms with Crippen LogP contribution in [0.25, 0.3) is 0 Å². The molecule has 4 rings (SSSR count). The number of benzene rings is 2. The van der Waals surface area contributed by atoms with Gasteiger partial charge in [-0.3, -0.25) is 9.59 Å². The summed E-state index contributed by atoms with van der Waals surface area (Å²) in [6.45, 7) is 1.72. The minimum Gasteiger partial charge on any atom is -0.339 e. The average molecular weight is 366 g/mol. The SMILES string of the molecule is O=C(c1ccccc1F)N1CCC(C(=O)N2CCCc3ccccc32)CC1. The van der Waals surface area contributed by atoms with E-state index in [4.69, 9.17) is 0 Å². The first kappa shape index (κ1) is 17.7.